The van der Waals surface area contributed by atoms with Crippen LogP contribution >= 0.6 is 11.6 Å². The number of rotatable bonds is 2. The van der Waals surface area contributed by atoms with Gasteiger partial charge in [-0.15, -0.1) is 0 Å². The van der Waals surface area contributed by atoms with E-state index in [9.17, 15) is 4.21 Å². The van der Waals surface area contributed by atoms with Crippen LogP contribution in [0.25, 0.3) is 0 Å². The minimum absolute atomic E-state index is 0.273. The Labute approximate surface area is 88.5 Å². The molecule has 4 nitrogen and oxygen atoms in total. The van der Waals surface area contributed by atoms with Gasteiger partial charge in [-0.1, -0.05) is 22.5 Å². The summed E-state index contributed by atoms with van der Waals surface area (Å²) in [7, 11) is -0.464. The summed E-state index contributed by atoms with van der Waals surface area (Å²) >= 11 is 5.77. The molecule has 0 fully saturated rings. The normalized spacial score (nSPS) is 12.4. The second-order valence-corrected chi connectivity index (χ2v) is 3.61. The molecular formula is C8H6ClN2O2S-. The Morgan fingerprint density at radius 2 is 2.36 bits per heavy atom. The molecule has 0 atom stereocenters. The van der Waals surface area contributed by atoms with E-state index in [1.807, 2.05) is 6.07 Å². The topological polar surface area (TPSA) is 62.4 Å². The van der Waals surface area contributed by atoms with E-state index in [4.69, 9.17) is 16.9 Å². The lowest BCUT2D eigenvalue weighted by atomic mass is 10.2. The third kappa shape index (κ3) is 2.70. The van der Waals surface area contributed by atoms with Gasteiger partial charge in [-0.2, -0.15) is 5.26 Å². The zero-order chi connectivity index (χ0) is 10.6. The number of hydrogen-bond acceptors (Lipinski definition) is 5. The minimum atomic E-state index is -1.74. The van der Waals surface area contributed by atoms with Crippen molar-refractivity contribution >= 4 is 28.2 Å². The van der Waals surface area contributed by atoms with Gasteiger partial charge in [-0.25, -0.2) is 0 Å². The van der Waals surface area contributed by atoms with E-state index in [2.05, 4.69) is 8.55 Å². The van der Waals surface area contributed by atoms with Crippen molar-refractivity contribution in [2.45, 2.75) is 0 Å². The van der Waals surface area contributed by atoms with Crippen molar-refractivity contribution < 1.29 is 8.39 Å². The molecule has 14 heavy (non-hydrogen) atoms. The lowest BCUT2D eigenvalue weighted by molar-refractivity contribution is 0.438. The first-order chi connectivity index (χ1) is 6.67. The van der Waals surface area contributed by atoms with Crippen LogP contribution in [0.3, 0.4) is 0 Å². The predicted molar refractivity (Wildman–Crippen MR) is 53.3 cm³/mol. The summed E-state index contributed by atoms with van der Waals surface area (Å²) in [5.41, 5.74) is 0.767. The van der Waals surface area contributed by atoms with Crippen LogP contribution in [0, 0.1) is 11.3 Å². The molecule has 1 aromatic carbocycles. The summed E-state index contributed by atoms with van der Waals surface area (Å²) in [4.78, 5) is 0. The van der Waals surface area contributed by atoms with Crippen molar-refractivity contribution in [3.8, 4) is 6.07 Å². The monoisotopic (exact) mass is 229 g/mol. The lowest BCUT2D eigenvalue weighted by Crippen LogP contribution is -1.78. The van der Waals surface area contributed by atoms with E-state index in [1.165, 1.54) is 25.3 Å². The molecule has 1 aromatic rings. The molecule has 0 saturated heterocycles. The Morgan fingerprint density at radius 1 is 1.64 bits per heavy atom. The second kappa shape index (κ2) is 4.96. The van der Waals surface area contributed by atoms with Crippen LogP contribution in [0.1, 0.15) is 5.56 Å². The molecule has 0 aliphatic rings. The summed E-state index contributed by atoms with van der Waals surface area (Å²) in [5, 5.41) is 8.83. The van der Waals surface area contributed by atoms with Crippen LogP contribution in [-0.4, -0.2) is 7.11 Å². The molecule has 0 spiro atoms. The molecule has 0 radical (unpaired) electrons. The first kappa shape index (κ1) is 11.0. The molecule has 0 bridgehead atoms. The Bertz CT molecular complexity index is 461. The molecule has 0 saturated carbocycles. The van der Waals surface area contributed by atoms with E-state index in [1.54, 1.807) is 0 Å². The number of halogens is 1. The summed E-state index contributed by atoms with van der Waals surface area (Å²) in [6.45, 7) is 0. The minimum Gasteiger partial charge on any atom is -0.441 e. The van der Waals surface area contributed by atoms with E-state index < -0.39 is 10.9 Å². The Hall–Kier alpha value is -1.09. The SMILES string of the molecule is CO[S-](=O)=Nc1ccc(C#N)cc1Cl. The first-order valence-electron chi connectivity index (χ1n) is 3.55. The highest BCUT2D eigenvalue weighted by Crippen LogP contribution is 2.25. The number of nitrogens with zero attached hydrogens (tertiary/aromatic N) is 2. The third-order valence-electron chi connectivity index (χ3n) is 1.39. The molecular weight excluding hydrogens is 224 g/mol. The van der Waals surface area contributed by atoms with Gasteiger partial charge in [0.15, 0.2) is 0 Å². The maximum atomic E-state index is 10.9. The van der Waals surface area contributed by atoms with Crippen LogP contribution in [0.4, 0.5) is 5.69 Å². The van der Waals surface area contributed by atoms with Crippen LogP contribution < -0.4 is 0 Å². The van der Waals surface area contributed by atoms with Gasteiger partial charge in [0.25, 0.3) is 0 Å². The van der Waals surface area contributed by atoms with Crippen molar-refractivity contribution in [3.63, 3.8) is 0 Å². The second-order valence-electron chi connectivity index (χ2n) is 2.25. The predicted octanol–water partition coefficient (Wildman–Crippen LogP) is 2.55. The fourth-order valence-corrected chi connectivity index (χ4v) is 1.44. The van der Waals surface area contributed by atoms with Gasteiger partial charge in [-0.05, 0) is 18.2 Å². The molecule has 0 N–H and O–H groups in total. The van der Waals surface area contributed by atoms with Gasteiger partial charge in [-0.3, -0.25) is 0 Å². The van der Waals surface area contributed by atoms with Crippen molar-refractivity contribution in [2.75, 3.05) is 7.11 Å². The van der Waals surface area contributed by atoms with Crippen molar-refractivity contribution in [3.05, 3.63) is 28.8 Å². The summed E-state index contributed by atoms with van der Waals surface area (Å²) < 4.78 is 19.0. The van der Waals surface area contributed by atoms with Gasteiger partial charge in [0.05, 0.1) is 22.3 Å². The fraction of sp³-hybridized carbons (Fsp3) is 0.125. The Balaban J connectivity index is 3.14. The third-order valence-corrected chi connectivity index (χ3v) is 2.33. The molecule has 0 aliphatic carbocycles. The van der Waals surface area contributed by atoms with Gasteiger partial charge in [0, 0.05) is 7.11 Å². The highest BCUT2D eigenvalue weighted by Gasteiger charge is 1.97. The van der Waals surface area contributed by atoms with Crippen LogP contribution in [-0.2, 0) is 19.3 Å². The zero-order valence-corrected chi connectivity index (χ0v) is 8.80. The average Bonchev–Trinajstić information content (AvgIpc) is 2.20. The van der Waals surface area contributed by atoms with Crippen molar-refractivity contribution in [1.29, 1.82) is 5.26 Å². The largest absolute Gasteiger partial charge is 0.441 e. The molecule has 0 aliphatic heterocycles. The summed E-state index contributed by atoms with van der Waals surface area (Å²) in [5.74, 6) is 0. The number of nitriles is 1. The highest BCUT2D eigenvalue weighted by atomic mass is 35.5. The molecule has 0 aromatic heterocycles. The van der Waals surface area contributed by atoms with Gasteiger partial charge in [0.1, 0.15) is 0 Å². The van der Waals surface area contributed by atoms with Gasteiger partial charge < -0.3 is 12.8 Å². The molecule has 6 heteroatoms. The first-order valence-corrected chi connectivity index (χ1v) is 4.96. The lowest BCUT2D eigenvalue weighted by Gasteiger charge is -2.03. The van der Waals surface area contributed by atoms with E-state index in [-0.39, 0.29) is 5.02 Å². The molecule has 1 rings (SSSR count). The van der Waals surface area contributed by atoms with Crippen LogP contribution in [0.15, 0.2) is 22.6 Å². The van der Waals surface area contributed by atoms with Crippen LogP contribution in [0.2, 0.25) is 5.02 Å². The van der Waals surface area contributed by atoms with Crippen molar-refractivity contribution in [2.24, 2.45) is 4.36 Å². The molecule has 0 heterocycles. The van der Waals surface area contributed by atoms with Crippen molar-refractivity contribution in [1.82, 2.24) is 0 Å². The average molecular weight is 230 g/mol. The van der Waals surface area contributed by atoms with E-state index >= 15 is 0 Å². The summed E-state index contributed by atoms with van der Waals surface area (Å²) in [6, 6.07) is 6.43. The fourth-order valence-electron chi connectivity index (χ4n) is 0.768. The Morgan fingerprint density at radius 3 is 2.86 bits per heavy atom. The van der Waals surface area contributed by atoms with Gasteiger partial charge in [0.2, 0.25) is 0 Å². The molecule has 74 valence electrons. The zero-order valence-electron chi connectivity index (χ0n) is 7.23. The maximum absolute atomic E-state index is 10.9. The van der Waals surface area contributed by atoms with E-state index in [0.717, 1.165) is 0 Å². The van der Waals surface area contributed by atoms with Gasteiger partial charge >= 0.3 is 0 Å². The van der Waals surface area contributed by atoms with Crippen LogP contribution in [0.5, 0.6) is 0 Å². The maximum Gasteiger partial charge on any atom is 0.0992 e. The standard InChI is InChI=1S/C8H6ClN2O2S/c1-13-14(12)11-8-3-2-6(5-10)4-7(8)9/h2-4H,1H3/q-1. The number of hydrogen-bond donors (Lipinski definition) is 0. The molecule has 0 unspecified atom stereocenters. The van der Waals surface area contributed by atoms with E-state index in [0.29, 0.717) is 11.3 Å². The Kier molecular flexibility index (Phi) is 3.89. The number of benzene rings is 1. The molecule has 0 amide bonds. The highest BCUT2D eigenvalue weighted by molar-refractivity contribution is 7.69. The summed E-state index contributed by atoms with van der Waals surface area (Å²) in [6.07, 6.45) is 0. The quantitative estimate of drug-likeness (QED) is 0.732. The smallest absolute Gasteiger partial charge is 0.0992 e.